The Kier molecular flexibility index (Phi) is 6.72. The van der Waals surface area contributed by atoms with E-state index in [-0.39, 0.29) is 24.5 Å². The molecule has 0 aliphatic rings. The molecule has 16 heavy (non-hydrogen) atoms. The van der Waals surface area contributed by atoms with E-state index in [1.165, 1.54) is 0 Å². The van der Waals surface area contributed by atoms with E-state index >= 15 is 0 Å². The lowest BCUT2D eigenvalue weighted by Crippen LogP contribution is -2.32. The SMILES string of the molecule is CC(C)(C)OCC(=O)NCCCCC(=O)O. The van der Waals surface area contributed by atoms with Gasteiger partial charge < -0.3 is 15.2 Å². The minimum Gasteiger partial charge on any atom is -0.481 e. The zero-order valence-corrected chi connectivity index (χ0v) is 10.2. The molecule has 1 amide bonds. The fourth-order valence-corrected chi connectivity index (χ4v) is 0.962. The smallest absolute Gasteiger partial charge is 0.303 e. The van der Waals surface area contributed by atoms with Gasteiger partial charge in [0.05, 0.1) is 5.60 Å². The van der Waals surface area contributed by atoms with E-state index in [1.807, 2.05) is 20.8 Å². The first-order valence-electron chi connectivity index (χ1n) is 5.44. The first kappa shape index (κ1) is 14.9. The van der Waals surface area contributed by atoms with Crippen LogP contribution in [0.15, 0.2) is 0 Å². The van der Waals surface area contributed by atoms with Crippen LogP contribution in [-0.2, 0) is 14.3 Å². The number of carboxylic acid groups (broad SMARTS) is 1. The Morgan fingerprint density at radius 2 is 1.88 bits per heavy atom. The van der Waals surface area contributed by atoms with Crippen LogP contribution in [0, 0.1) is 0 Å². The summed E-state index contributed by atoms with van der Waals surface area (Å²) in [6.07, 6.45) is 1.40. The number of aliphatic carboxylic acids is 1. The van der Waals surface area contributed by atoms with Gasteiger partial charge in [-0.1, -0.05) is 0 Å². The quantitative estimate of drug-likeness (QED) is 0.645. The molecule has 5 nitrogen and oxygen atoms in total. The first-order valence-corrected chi connectivity index (χ1v) is 5.44. The molecule has 0 spiro atoms. The number of rotatable bonds is 7. The zero-order chi connectivity index (χ0) is 12.6. The summed E-state index contributed by atoms with van der Waals surface area (Å²) in [7, 11) is 0. The van der Waals surface area contributed by atoms with E-state index in [0.717, 1.165) is 0 Å². The van der Waals surface area contributed by atoms with Crippen LogP contribution in [0.5, 0.6) is 0 Å². The number of hydrogen-bond donors (Lipinski definition) is 2. The van der Waals surface area contributed by atoms with Crippen molar-refractivity contribution in [1.29, 1.82) is 0 Å². The molecule has 0 aliphatic heterocycles. The van der Waals surface area contributed by atoms with E-state index in [1.54, 1.807) is 0 Å². The molecule has 0 radical (unpaired) electrons. The molecule has 0 saturated heterocycles. The Morgan fingerprint density at radius 3 is 2.38 bits per heavy atom. The largest absolute Gasteiger partial charge is 0.481 e. The van der Waals surface area contributed by atoms with Gasteiger partial charge in [-0.05, 0) is 33.6 Å². The van der Waals surface area contributed by atoms with Crippen molar-refractivity contribution >= 4 is 11.9 Å². The summed E-state index contributed by atoms with van der Waals surface area (Å²) in [5.41, 5.74) is -0.319. The molecular weight excluding hydrogens is 210 g/mol. The van der Waals surface area contributed by atoms with Gasteiger partial charge in [-0.15, -0.1) is 0 Å². The summed E-state index contributed by atoms with van der Waals surface area (Å²) in [5.74, 6) is -0.965. The number of amides is 1. The maximum Gasteiger partial charge on any atom is 0.303 e. The van der Waals surface area contributed by atoms with Crippen molar-refractivity contribution in [2.24, 2.45) is 0 Å². The van der Waals surface area contributed by atoms with Gasteiger partial charge in [-0.25, -0.2) is 0 Å². The molecule has 0 aromatic rings. The van der Waals surface area contributed by atoms with Crippen LogP contribution >= 0.6 is 0 Å². The van der Waals surface area contributed by atoms with E-state index in [4.69, 9.17) is 9.84 Å². The van der Waals surface area contributed by atoms with Crippen molar-refractivity contribution in [3.63, 3.8) is 0 Å². The van der Waals surface area contributed by atoms with Crippen LogP contribution in [0.3, 0.4) is 0 Å². The summed E-state index contributed by atoms with van der Waals surface area (Å²) in [5, 5.41) is 11.1. The molecule has 94 valence electrons. The first-order chi connectivity index (χ1) is 7.31. The maximum absolute atomic E-state index is 11.2. The maximum atomic E-state index is 11.2. The zero-order valence-electron chi connectivity index (χ0n) is 10.2. The topological polar surface area (TPSA) is 75.6 Å². The van der Waals surface area contributed by atoms with Crippen LogP contribution in [-0.4, -0.2) is 35.7 Å². The lowest BCUT2D eigenvalue weighted by molar-refractivity contribution is -0.137. The molecule has 0 rings (SSSR count). The molecule has 0 fully saturated rings. The third-order valence-electron chi connectivity index (χ3n) is 1.78. The molecule has 0 unspecified atom stereocenters. The standard InChI is InChI=1S/C11H21NO4/c1-11(2,3)16-8-9(13)12-7-5-4-6-10(14)15/h4-8H2,1-3H3,(H,12,13)(H,14,15). The lowest BCUT2D eigenvalue weighted by Gasteiger charge is -2.18. The highest BCUT2D eigenvalue weighted by Gasteiger charge is 2.12. The highest BCUT2D eigenvalue weighted by molar-refractivity contribution is 5.77. The van der Waals surface area contributed by atoms with Crippen LogP contribution in [0.1, 0.15) is 40.0 Å². The van der Waals surface area contributed by atoms with E-state index in [9.17, 15) is 9.59 Å². The normalized spacial score (nSPS) is 11.2. The number of ether oxygens (including phenoxy) is 1. The number of nitrogens with one attached hydrogen (secondary N) is 1. The minimum atomic E-state index is -0.803. The summed E-state index contributed by atoms with van der Waals surface area (Å²) < 4.78 is 5.28. The molecular formula is C11H21NO4. The van der Waals surface area contributed by atoms with E-state index in [0.29, 0.717) is 19.4 Å². The Bertz CT molecular complexity index is 233. The third kappa shape index (κ3) is 11.0. The molecule has 5 heteroatoms. The lowest BCUT2D eigenvalue weighted by atomic mass is 10.2. The number of carboxylic acids is 1. The van der Waals surface area contributed by atoms with Crippen LogP contribution in [0.25, 0.3) is 0 Å². The van der Waals surface area contributed by atoms with E-state index in [2.05, 4.69) is 5.32 Å². The van der Waals surface area contributed by atoms with Gasteiger partial charge in [-0.3, -0.25) is 9.59 Å². The van der Waals surface area contributed by atoms with Crippen molar-refractivity contribution < 1.29 is 19.4 Å². The third-order valence-corrected chi connectivity index (χ3v) is 1.78. The highest BCUT2D eigenvalue weighted by Crippen LogP contribution is 2.05. The predicted octanol–water partition coefficient (Wildman–Crippen LogP) is 1.17. The summed E-state index contributed by atoms with van der Waals surface area (Å²) in [6, 6.07) is 0. The molecule has 0 aromatic carbocycles. The predicted molar refractivity (Wildman–Crippen MR) is 60.2 cm³/mol. The second-order valence-electron chi connectivity index (χ2n) is 4.60. The average molecular weight is 231 g/mol. The summed E-state index contributed by atoms with van der Waals surface area (Å²) in [6.45, 7) is 6.19. The average Bonchev–Trinajstić information content (AvgIpc) is 2.12. The van der Waals surface area contributed by atoms with Crippen molar-refractivity contribution in [2.45, 2.75) is 45.6 Å². The fraction of sp³-hybridized carbons (Fsp3) is 0.818. The van der Waals surface area contributed by atoms with Gasteiger partial charge in [0.2, 0.25) is 5.91 Å². The second-order valence-corrected chi connectivity index (χ2v) is 4.60. The molecule has 0 atom stereocenters. The van der Waals surface area contributed by atoms with Crippen molar-refractivity contribution in [2.75, 3.05) is 13.2 Å². The molecule has 0 aromatic heterocycles. The van der Waals surface area contributed by atoms with Gasteiger partial charge in [0.1, 0.15) is 6.61 Å². The van der Waals surface area contributed by atoms with E-state index < -0.39 is 5.97 Å². The molecule has 0 bridgehead atoms. The number of carbonyl (C=O) groups is 2. The van der Waals surface area contributed by atoms with Gasteiger partial charge >= 0.3 is 5.97 Å². The fourth-order valence-electron chi connectivity index (χ4n) is 0.962. The van der Waals surface area contributed by atoms with Crippen molar-refractivity contribution in [3.8, 4) is 0 Å². The Labute approximate surface area is 96.2 Å². The monoisotopic (exact) mass is 231 g/mol. The van der Waals surface area contributed by atoms with Gasteiger partial charge in [-0.2, -0.15) is 0 Å². The van der Waals surface area contributed by atoms with Crippen molar-refractivity contribution in [1.82, 2.24) is 5.32 Å². The summed E-state index contributed by atoms with van der Waals surface area (Å²) in [4.78, 5) is 21.4. The molecule has 0 saturated carbocycles. The Hall–Kier alpha value is -1.10. The Morgan fingerprint density at radius 1 is 1.25 bits per heavy atom. The number of carbonyl (C=O) groups excluding carboxylic acids is 1. The number of hydrogen-bond acceptors (Lipinski definition) is 3. The molecule has 0 heterocycles. The second kappa shape index (κ2) is 7.22. The summed E-state index contributed by atoms with van der Waals surface area (Å²) >= 11 is 0. The van der Waals surface area contributed by atoms with Crippen LogP contribution in [0.4, 0.5) is 0 Å². The van der Waals surface area contributed by atoms with Gasteiger partial charge in [0.15, 0.2) is 0 Å². The minimum absolute atomic E-state index is 0.0441. The highest BCUT2D eigenvalue weighted by atomic mass is 16.5. The van der Waals surface area contributed by atoms with Gasteiger partial charge in [0, 0.05) is 13.0 Å². The molecule has 2 N–H and O–H groups in total. The molecule has 0 aliphatic carbocycles. The number of unbranched alkanes of at least 4 members (excludes halogenated alkanes) is 1. The van der Waals surface area contributed by atoms with Crippen LogP contribution in [0.2, 0.25) is 0 Å². The van der Waals surface area contributed by atoms with Gasteiger partial charge in [0.25, 0.3) is 0 Å². The van der Waals surface area contributed by atoms with Crippen molar-refractivity contribution in [3.05, 3.63) is 0 Å². The Balaban J connectivity index is 3.41. The van der Waals surface area contributed by atoms with Crippen LogP contribution < -0.4 is 5.32 Å².